The summed E-state index contributed by atoms with van der Waals surface area (Å²) in [4.78, 5) is 14.5. The van der Waals surface area contributed by atoms with E-state index in [2.05, 4.69) is 20.7 Å². The summed E-state index contributed by atoms with van der Waals surface area (Å²) < 4.78 is 28.7. The lowest BCUT2D eigenvalue weighted by atomic mass is 10.1. The Morgan fingerprint density at radius 2 is 1.77 bits per heavy atom. The van der Waals surface area contributed by atoms with E-state index < -0.39 is 10.0 Å². The number of sulfonamides is 1. The Labute approximate surface area is 166 Å². The minimum absolute atomic E-state index is 0.0393. The van der Waals surface area contributed by atoms with E-state index in [4.69, 9.17) is 11.6 Å². The smallest absolute Gasteiger partial charge is 0.263 e. The molecule has 0 aromatic heterocycles. The zero-order valence-electron chi connectivity index (χ0n) is 13.9. The van der Waals surface area contributed by atoms with Crippen molar-refractivity contribution in [2.24, 2.45) is 0 Å². The second-order valence-electron chi connectivity index (χ2n) is 6.08. The van der Waals surface area contributed by atoms with Gasteiger partial charge in [-0.05, 0) is 49.6 Å². The number of rotatable bonds is 4. The van der Waals surface area contributed by atoms with Crippen LogP contribution in [0.2, 0.25) is 5.02 Å². The summed E-state index contributed by atoms with van der Waals surface area (Å²) in [6, 6.07) is 11.2. The van der Waals surface area contributed by atoms with Crippen molar-refractivity contribution in [2.75, 3.05) is 17.8 Å². The molecule has 0 aliphatic carbocycles. The van der Waals surface area contributed by atoms with Crippen molar-refractivity contribution in [3.8, 4) is 0 Å². The number of halogens is 2. The molecule has 1 amide bonds. The van der Waals surface area contributed by atoms with Crippen LogP contribution < -0.4 is 4.72 Å². The predicted molar refractivity (Wildman–Crippen MR) is 106 cm³/mol. The van der Waals surface area contributed by atoms with Gasteiger partial charge in [0.25, 0.3) is 15.9 Å². The van der Waals surface area contributed by atoms with E-state index in [1.807, 2.05) is 0 Å². The molecule has 1 heterocycles. The zero-order chi connectivity index (χ0) is 18.7. The van der Waals surface area contributed by atoms with Gasteiger partial charge in [-0.2, -0.15) is 0 Å². The highest BCUT2D eigenvalue weighted by Crippen LogP contribution is 2.28. The number of amides is 1. The quantitative estimate of drug-likeness (QED) is 0.733. The molecule has 0 radical (unpaired) electrons. The van der Waals surface area contributed by atoms with Crippen LogP contribution in [0.25, 0.3) is 0 Å². The fraction of sp³-hybridized carbons (Fsp3) is 0.278. The summed E-state index contributed by atoms with van der Waals surface area (Å²) in [6.45, 7) is 1.39. The molecule has 8 heteroatoms. The molecule has 0 atom stereocenters. The molecule has 0 bridgehead atoms. The van der Waals surface area contributed by atoms with Crippen molar-refractivity contribution in [3.63, 3.8) is 0 Å². The fourth-order valence-corrected chi connectivity index (χ4v) is 5.04. The molecule has 26 heavy (non-hydrogen) atoms. The Balaban J connectivity index is 1.91. The van der Waals surface area contributed by atoms with Gasteiger partial charge in [-0.15, -0.1) is 0 Å². The predicted octanol–water partition coefficient (Wildman–Crippen LogP) is 4.53. The third kappa shape index (κ3) is 4.22. The van der Waals surface area contributed by atoms with Gasteiger partial charge in [0.1, 0.15) is 4.90 Å². The summed E-state index contributed by atoms with van der Waals surface area (Å²) in [6.07, 6.45) is 3.04. The molecule has 2 aromatic carbocycles. The zero-order valence-corrected chi connectivity index (χ0v) is 17.1. The number of benzene rings is 2. The molecule has 138 valence electrons. The minimum atomic E-state index is -3.92. The Bertz CT molecular complexity index is 928. The fourth-order valence-electron chi connectivity index (χ4n) is 2.92. The minimum Gasteiger partial charge on any atom is -0.339 e. The molecule has 0 spiro atoms. The maximum absolute atomic E-state index is 12.8. The third-order valence-corrected chi connectivity index (χ3v) is 6.57. The van der Waals surface area contributed by atoms with Crippen LogP contribution in [0.1, 0.15) is 29.6 Å². The van der Waals surface area contributed by atoms with Crippen molar-refractivity contribution >= 4 is 49.1 Å². The van der Waals surface area contributed by atoms with Crippen LogP contribution in [-0.4, -0.2) is 32.3 Å². The van der Waals surface area contributed by atoms with Crippen LogP contribution in [0.3, 0.4) is 0 Å². The molecule has 5 nitrogen and oxygen atoms in total. The van der Waals surface area contributed by atoms with Gasteiger partial charge in [-0.3, -0.25) is 9.52 Å². The number of carbonyl (C=O) groups excluding carboxylic acids is 1. The second kappa shape index (κ2) is 7.98. The second-order valence-corrected chi connectivity index (χ2v) is 9.05. The SMILES string of the molecule is O=C(c1ccccc1NS(=O)(=O)c1ccc(Br)cc1Cl)N1CCCCC1. The molecule has 0 saturated carbocycles. The Hall–Kier alpha value is -1.57. The van der Waals surface area contributed by atoms with E-state index in [0.717, 1.165) is 19.3 Å². The van der Waals surface area contributed by atoms with Gasteiger partial charge < -0.3 is 4.90 Å². The molecule has 2 aromatic rings. The lowest BCUT2D eigenvalue weighted by Crippen LogP contribution is -2.36. The third-order valence-electron chi connectivity index (χ3n) is 4.23. The Kier molecular flexibility index (Phi) is 5.89. The number of hydrogen-bond donors (Lipinski definition) is 1. The molecule has 1 saturated heterocycles. The van der Waals surface area contributed by atoms with Gasteiger partial charge in [0.05, 0.1) is 16.3 Å². The van der Waals surface area contributed by atoms with Crippen molar-refractivity contribution in [3.05, 3.63) is 57.5 Å². The molecule has 1 N–H and O–H groups in total. The number of nitrogens with zero attached hydrogens (tertiary/aromatic N) is 1. The summed E-state index contributed by atoms with van der Waals surface area (Å²) in [5.41, 5.74) is 0.591. The van der Waals surface area contributed by atoms with E-state index in [0.29, 0.717) is 23.1 Å². The number of para-hydroxylation sites is 1. The first kappa shape index (κ1) is 19.2. The van der Waals surface area contributed by atoms with Crippen LogP contribution in [0.15, 0.2) is 51.8 Å². The van der Waals surface area contributed by atoms with Crippen LogP contribution in [0.4, 0.5) is 5.69 Å². The van der Waals surface area contributed by atoms with E-state index in [1.54, 1.807) is 35.2 Å². The van der Waals surface area contributed by atoms with Crippen molar-refractivity contribution in [1.29, 1.82) is 0 Å². The van der Waals surface area contributed by atoms with E-state index in [1.165, 1.54) is 12.1 Å². The van der Waals surface area contributed by atoms with Gasteiger partial charge in [-0.1, -0.05) is 39.7 Å². The molecule has 0 unspecified atom stereocenters. The van der Waals surface area contributed by atoms with Gasteiger partial charge in [-0.25, -0.2) is 8.42 Å². The maximum Gasteiger partial charge on any atom is 0.263 e. The molecular weight excluding hydrogens is 440 g/mol. The monoisotopic (exact) mass is 456 g/mol. The molecule has 1 aliphatic rings. The highest BCUT2D eigenvalue weighted by molar-refractivity contribution is 9.10. The summed E-state index contributed by atoms with van der Waals surface area (Å²) >= 11 is 9.33. The lowest BCUT2D eigenvalue weighted by molar-refractivity contribution is 0.0725. The number of anilines is 1. The topological polar surface area (TPSA) is 66.5 Å². The number of likely N-dealkylation sites (tertiary alicyclic amines) is 1. The summed E-state index contributed by atoms with van der Waals surface area (Å²) in [5.74, 6) is -0.162. The number of piperidine rings is 1. The van der Waals surface area contributed by atoms with Gasteiger partial charge in [0, 0.05) is 17.6 Å². The van der Waals surface area contributed by atoms with Crippen LogP contribution >= 0.6 is 27.5 Å². The molecule has 1 aliphatic heterocycles. The van der Waals surface area contributed by atoms with Gasteiger partial charge in [0.2, 0.25) is 0 Å². The normalized spacial score (nSPS) is 14.9. The van der Waals surface area contributed by atoms with Gasteiger partial charge in [0.15, 0.2) is 0 Å². The van der Waals surface area contributed by atoms with Gasteiger partial charge >= 0.3 is 0 Å². The van der Waals surface area contributed by atoms with Crippen LogP contribution in [0, 0.1) is 0 Å². The number of nitrogens with one attached hydrogen (secondary N) is 1. The highest BCUT2D eigenvalue weighted by atomic mass is 79.9. The molecular formula is C18H18BrClN2O3S. The average Bonchev–Trinajstić information content (AvgIpc) is 2.61. The van der Waals surface area contributed by atoms with E-state index in [-0.39, 0.29) is 21.5 Å². The molecule has 1 fully saturated rings. The van der Waals surface area contributed by atoms with Crippen LogP contribution in [0.5, 0.6) is 0 Å². The first-order chi connectivity index (χ1) is 12.4. The van der Waals surface area contributed by atoms with Crippen molar-refractivity contribution < 1.29 is 13.2 Å². The Morgan fingerprint density at radius 3 is 2.46 bits per heavy atom. The highest BCUT2D eigenvalue weighted by Gasteiger charge is 2.24. The summed E-state index contributed by atoms with van der Waals surface area (Å²) in [5, 5.41) is 0.103. The maximum atomic E-state index is 12.8. The summed E-state index contributed by atoms with van der Waals surface area (Å²) in [7, 11) is -3.92. The number of carbonyl (C=O) groups is 1. The Morgan fingerprint density at radius 1 is 1.08 bits per heavy atom. The van der Waals surface area contributed by atoms with Crippen molar-refractivity contribution in [2.45, 2.75) is 24.2 Å². The first-order valence-electron chi connectivity index (χ1n) is 8.25. The largest absolute Gasteiger partial charge is 0.339 e. The van der Waals surface area contributed by atoms with Crippen molar-refractivity contribution in [1.82, 2.24) is 4.90 Å². The van der Waals surface area contributed by atoms with E-state index in [9.17, 15) is 13.2 Å². The number of hydrogen-bond acceptors (Lipinski definition) is 3. The molecule has 3 rings (SSSR count). The standard InChI is InChI=1S/C18H18BrClN2O3S/c19-13-8-9-17(15(20)12-13)26(24,25)21-16-7-3-2-6-14(16)18(23)22-10-4-1-5-11-22/h2-3,6-9,12,21H,1,4-5,10-11H2. The van der Waals surface area contributed by atoms with E-state index >= 15 is 0 Å². The first-order valence-corrected chi connectivity index (χ1v) is 10.9. The van der Waals surface area contributed by atoms with Crippen LogP contribution in [-0.2, 0) is 10.0 Å². The lowest BCUT2D eigenvalue weighted by Gasteiger charge is -2.27. The average molecular weight is 458 g/mol.